The molecule has 1 aliphatic heterocycles. The molecule has 86 valence electrons. The van der Waals surface area contributed by atoms with Gasteiger partial charge in [0.1, 0.15) is 0 Å². The summed E-state index contributed by atoms with van der Waals surface area (Å²) in [5, 5.41) is 15.2. The first kappa shape index (κ1) is 10.7. The van der Waals surface area contributed by atoms with E-state index in [4.69, 9.17) is 5.11 Å². The lowest BCUT2D eigenvalue weighted by molar-refractivity contribution is 0.431. The zero-order valence-electron chi connectivity index (χ0n) is 9.00. The van der Waals surface area contributed by atoms with Crippen molar-refractivity contribution in [2.24, 2.45) is 4.99 Å². The van der Waals surface area contributed by atoms with Gasteiger partial charge in [0.2, 0.25) is 0 Å². The van der Waals surface area contributed by atoms with Crippen molar-refractivity contribution in [3.63, 3.8) is 0 Å². The van der Waals surface area contributed by atoms with Crippen molar-refractivity contribution in [1.82, 2.24) is 10.6 Å². The lowest BCUT2D eigenvalue weighted by Gasteiger charge is -2.09. The summed E-state index contributed by atoms with van der Waals surface area (Å²) in [4.78, 5) is 4.22. The number of hydrogen-bond donors (Lipinski definition) is 3. The van der Waals surface area contributed by atoms with Gasteiger partial charge >= 0.3 is 0 Å². The maximum absolute atomic E-state index is 13.0. The number of phenolic OH excluding ortho intramolecular Hbond substituents is 1. The highest BCUT2D eigenvalue weighted by molar-refractivity contribution is 5.81. The fourth-order valence-electron chi connectivity index (χ4n) is 1.51. The number of nitrogens with zero attached hydrogens (tertiary/aromatic N) is 1. The number of hydrogen-bond acceptors (Lipinski definition) is 4. The minimum atomic E-state index is -0.603. The Morgan fingerprint density at radius 1 is 1.62 bits per heavy atom. The van der Waals surface area contributed by atoms with Crippen LogP contribution in [0.4, 0.5) is 4.39 Å². The van der Waals surface area contributed by atoms with Crippen molar-refractivity contribution in [2.75, 3.05) is 6.54 Å². The Kier molecular flexibility index (Phi) is 2.94. The average molecular weight is 223 g/mol. The molecular weight excluding hydrogens is 209 g/mol. The third-order valence-corrected chi connectivity index (χ3v) is 2.38. The Morgan fingerprint density at radius 2 is 2.44 bits per heavy atom. The van der Waals surface area contributed by atoms with Crippen LogP contribution in [0.15, 0.2) is 23.2 Å². The maximum atomic E-state index is 13.0. The molecule has 0 radical (unpaired) electrons. The summed E-state index contributed by atoms with van der Waals surface area (Å²) in [6.45, 7) is 3.28. The Bertz CT molecular complexity index is 420. The molecule has 2 rings (SSSR count). The Balaban J connectivity index is 1.92. The van der Waals surface area contributed by atoms with Gasteiger partial charge in [-0.15, -0.1) is 0 Å². The molecule has 1 aromatic carbocycles. The number of halogens is 1. The van der Waals surface area contributed by atoms with Gasteiger partial charge in [0, 0.05) is 12.6 Å². The van der Waals surface area contributed by atoms with Gasteiger partial charge in [0.15, 0.2) is 17.5 Å². The maximum Gasteiger partial charge on any atom is 0.191 e. The molecule has 1 aromatic rings. The third kappa shape index (κ3) is 2.42. The standard InChI is InChI=1S/C11H14FN3O/c1-7-5-13-11(15-7)14-6-8-2-3-10(16)9(12)4-8/h2-4,7,16H,5-6H2,1H3,(H2,13,14,15). The largest absolute Gasteiger partial charge is 0.505 e. The van der Waals surface area contributed by atoms with Crippen LogP contribution in [0.5, 0.6) is 5.75 Å². The molecule has 4 nitrogen and oxygen atoms in total. The molecule has 0 fully saturated rings. The average Bonchev–Trinajstić information content (AvgIpc) is 2.66. The van der Waals surface area contributed by atoms with Crippen LogP contribution in [0.25, 0.3) is 0 Å². The van der Waals surface area contributed by atoms with Crippen molar-refractivity contribution >= 4 is 5.96 Å². The molecule has 0 aromatic heterocycles. The van der Waals surface area contributed by atoms with Gasteiger partial charge in [0.25, 0.3) is 0 Å². The summed E-state index contributed by atoms with van der Waals surface area (Å²) in [6, 6.07) is 4.67. The number of nitrogens with one attached hydrogen (secondary N) is 2. The van der Waals surface area contributed by atoms with Crippen LogP contribution in [0.1, 0.15) is 12.5 Å². The second kappa shape index (κ2) is 4.38. The second-order valence-electron chi connectivity index (χ2n) is 3.87. The Labute approximate surface area is 93.2 Å². The van der Waals surface area contributed by atoms with Crippen molar-refractivity contribution < 1.29 is 9.50 Å². The zero-order valence-corrected chi connectivity index (χ0v) is 9.00. The number of aliphatic imine (C=N–C) groups is 1. The first-order valence-corrected chi connectivity index (χ1v) is 5.17. The SMILES string of the molecule is CC1CN=C(NCc2ccc(O)c(F)c2)N1. The highest BCUT2D eigenvalue weighted by Crippen LogP contribution is 2.15. The van der Waals surface area contributed by atoms with Gasteiger partial charge in [0.05, 0.1) is 6.54 Å². The molecule has 0 bridgehead atoms. The summed E-state index contributed by atoms with van der Waals surface area (Å²) in [7, 11) is 0. The lowest BCUT2D eigenvalue weighted by atomic mass is 10.2. The fraction of sp³-hybridized carbons (Fsp3) is 0.364. The predicted octanol–water partition coefficient (Wildman–Crippen LogP) is 0.969. The van der Waals surface area contributed by atoms with E-state index in [-0.39, 0.29) is 5.75 Å². The minimum absolute atomic E-state index is 0.325. The molecular formula is C11H14FN3O. The Hall–Kier alpha value is -1.78. The first-order chi connectivity index (χ1) is 7.65. The van der Waals surface area contributed by atoms with Gasteiger partial charge < -0.3 is 15.7 Å². The van der Waals surface area contributed by atoms with Crippen LogP contribution in [0, 0.1) is 5.82 Å². The smallest absolute Gasteiger partial charge is 0.191 e. The monoisotopic (exact) mass is 223 g/mol. The highest BCUT2D eigenvalue weighted by Gasteiger charge is 2.11. The zero-order chi connectivity index (χ0) is 11.5. The van der Waals surface area contributed by atoms with E-state index in [9.17, 15) is 4.39 Å². The summed E-state index contributed by atoms with van der Waals surface area (Å²) in [6.07, 6.45) is 0. The van der Waals surface area contributed by atoms with Crippen LogP contribution >= 0.6 is 0 Å². The van der Waals surface area contributed by atoms with Gasteiger partial charge in [-0.3, -0.25) is 4.99 Å². The van der Waals surface area contributed by atoms with E-state index in [0.29, 0.717) is 12.6 Å². The van der Waals surface area contributed by atoms with E-state index in [1.165, 1.54) is 12.1 Å². The van der Waals surface area contributed by atoms with Gasteiger partial charge in [-0.05, 0) is 24.6 Å². The molecule has 16 heavy (non-hydrogen) atoms. The summed E-state index contributed by atoms with van der Waals surface area (Å²) in [5.74, 6) is -0.191. The van der Waals surface area contributed by atoms with E-state index in [2.05, 4.69) is 15.6 Å². The van der Waals surface area contributed by atoms with Gasteiger partial charge in [-0.2, -0.15) is 0 Å². The van der Waals surface area contributed by atoms with E-state index < -0.39 is 5.82 Å². The third-order valence-electron chi connectivity index (χ3n) is 2.38. The van der Waals surface area contributed by atoms with Crippen LogP contribution in [-0.2, 0) is 6.54 Å². The summed E-state index contributed by atoms with van der Waals surface area (Å²) >= 11 is 0. The van der Waals surface area contributed by atoms with E-state index in [0.717, 1.165) is 18.1 Å². The highest BCUT2D eigenvalue weighted by atomic mass is 19.1. The molecule has 1 unspecified atom stereocenters. The molecule has 0 saturated heterocycles. The van der Waals surface area contributed by atoms with Crippen molar-refractivity contribution in [3.8, 4) is 5.75 Å². The van der Waals surface area contributed by atoms with Crippen LogP contribution in [0.3, 0.4) is 0 Å². The predicted molar refractivity (Wildman–Crippen MR) is 59.8 cm³/mol. The first-order valence-electron chi connectivity index (χ1n) is 5.17. The number of rotatable bonds is 2. The van der Waals surface area contributed by atoms with E-state index in [1.807, 2.05) is 6.92 Å². The number of guanidine groups is 1. The quantitative estimate of drug-likeness (QED) is 0.700. The number of benzene rings is 1. The van der Waals surface area contributed by atoms with Crippen LogP contribution in [0.2, 0.25) is 0 Å². The normalized spacial score (nSPS) is 19.1. The molecule has 0 saturated carbocycles. The second-order valence-corrected chi connectivity index (χ2v) is 3.87. The van der Waals surface area contributed by atoms with Crippen LogP contribution in [-0.4, -0.2) is 23.7 Å². The van der Waals surface area contributed by atoms with Crippen molar-refractivity contribution in [2.45, 2.75) is 19.5 Å². The van der Waals surface area contributed by atoms with Gasteiger partial charge in [-0.25, -0.2) is 4.39 Å². The lowest BCUT2D eigenvalue weighted by Crippen LogP contribution is -2.37. The number of phenols is 1. The minimum Gasteiger partial charge on any atom is -0.505 e. The Morgan fingerprint density at radius 3 is 3.06 bits per heavy atom. The summed E-state index contributed by atoms with van der Waals surface area (Å²) < 4.78 is 13.0. The van der Waals surface area contributed by atoms with Crippen molar-refractivity contribution in [1.29, 1.82) is 0 Å². The molecule has 0 spiro atoms. The molecule has 1 heterocycles. The fourth-order valence-corrected chi connectivity index (χ4v) is 1.51. The number of aromatic hydroxyl groups is 1. The molecule has 5 heteroatoms. The van der Waals surface area contributed by atoms with Crippen LogP contribution < -0.4 is 10.6 Å². The summed E-state index contributed by atoms with van der Waals surface area (Å²) in [5.41, 5.74) is 0.763. The molecule has 0 amide bonds. The molecule has 3 N–H and O–H groups in total. The molecule has 0 aliphatic carbocycles. The molecule has 1 aliphatic rings. The van der Waals surface area contributed by atoms with Gasteiger partial charge in [-0.1, -0.05) is 6.07 Å². The van der Waals surface area contributed by atoms with E-state index >= 15 is 0 Å². The topological polar surface area (TPSA) is 56.7 Å². The molecule has 1 atom stereocenters. The van der Waals surface area contributed by atoms with E-state index in [1.54, 1.807) is 6.07 Å². The van der Waals surface area contributed by atoms with Crippen molar-refractivity contribution in [3.05, 3.63) is 29.6 Å².